The molecule has 0 fully saturated rings. The van der Waals surface area contributed by atoms with Crippen molar-refractivity contribution in [3.63, 3.8) is 0 Å². The Bertz CT molecular complexity index is 898. The van der Waals surface area contributed by atoms with Crippen LogP contribution in [0.1, 0.15) is 24.6 Å². The minimum absolute atomic E-state index is 0.000502. The predicted molar refractivity (Wildman–Crippen MR) is 90.5 cm³/mol. The van der Waals surface area contributed by atoms with E-state index in [2.05, 4.69) is 5.10 Å². The van der Waals surface area contributed by atoms with E-state index in [0.717, 1.165) is 16.6 Å². The van der Waals surface area contributed by atoms with Gasteiger partial charge in [0.25, 0.3) is 5.56 Å². The summed E-state index contributed by atoms with van der Waals surface area (Å²) in [6, 6.07) is 17.4. The van der Waals surface area contributed by atoms with Gasteiger partial charge in [-0.1, -0.05) is 55.5 Å². The van der Waals surface area contributed by atoms with E-state index in [0.29, 0.717) is 18.2 Å². The molecule has 3 rings (SSSR count). The predicted octanol–water partition coefficient (Wildman–Crippen LogP) is 2.97. The van der Waals surface area contributed by atoms with Crippen LogP contribution in [0.4, 0.5) is 0 Å². The molecule has 1 heterocycles. The van der Waals surface area contributed by atoms with Crippen molar-refractivity contribution < 1.29 is 4.79 Å². The molecule has 23 heavy (non-hydrogen) atoms. The van der Waals surface area contributed by atoms with Crippen LogP contribution in [0.15, 0.2) is 59.4 Å². The van der Waals surface area contributed by atoms with E-state index in [1.54, 1.807) is 13.0 Å². The van der Waals surface area contributed by atoms with Gasteiger partial charge < -0.3 is 0 Å². The third kappa shape index (κ3) is 3.21. The molecule has 0 spiro atoms. The smallest absolute Gasteiger partial charge is 0.275 e. The van der Waals surface area contributed by atoms with Gasteiger partial charge in [-0.2, -0.15) is 5.10 Å². The van der Waals surface area contributed by atoms with Crippen molar-refractivity contribution in [3.8, 4) is 0 Å². The number of carbonyl (C=O) groups is 1. The van der Waals surface area contributed by atoms with Crippen LogP contribution in [0.3, 0.4) is 0 Å². The fourth-order valence-electron chi connectivity index (χ4n) is 2.61. The van der Waals surface area contributed by atoms with E-state index >= 15 is 0 Å². The van der Waals surface area contributed by atoms with Gasteiger partial charge in [-0.3, -0.25) is 9.59 Å². The van der Waals surface area contributed by atoms with Gasteiger partial charge in [-0.25, -0.2) is 4.68 Å². The lowest BCUT2D eigenvalue weighted by molar-refractivity contribution is -0.119. The molecule has 4 nitrogen and oxygen atoms in total. The van der Waals surface area contributed by atoms with Gasteiger partial charge in [-0.05, 0) is 11.6 Å². The first-order chi connectivity index (χ1) is 11.2. The van der Waals surface area contributed by atoms with E-state index in [4.69, 9.17) is 0 Å². The first-order valence-corrected chi connectivity index (χ1v) is 7.73. The number of ketones is 1. The summed E-state index contributed by atoms with van der Waals surface area (Å²) in [6.45, 7) is 1.82. The van der Waals surface area contributed by atoms with Crippen molar-refractivity contribution in [1.29, 1.82) is 0 Å². The topological polar surface area (TPSA) is 52.0 Å². The first-order valence-electron chi connectivity index (χ1n) is 7.73. The summed E-state index contributed by atoms with van der Waals surface area (Å²) in [5.41, 5.74) is 1.73. The number of benzene rings is 2. The van der Waals surface area contributed by atoms with Crippen LogP contribution in [0.25, 0.3) is 10.8 Å². The summed E-state index contributed by atoms with van der Waals surface area (Å²) in [4.78, 5) is 24.3. The number of hydrogen-bond acceptors (Lipinski definition) is 3. The third-order valence-corrected chi connectivity index (χ3v) is 3.88. The van der Waals surface area contributed by atoms with Crippen LogP contribution < -0.4 is 5.56 Å². The lowest BCUT2D eigenvalue weighted by Gasteiger charge is -2.10. The van der Waals surface area contributed by atoms with Crippen molar-refractivity contribution in [1.82, 2.24) is 9.78 Å². The average molecular weight is 306 g/mol. The number of nitrogens with zero attached hydrogens (tertiary/aromatic N) is 2. The molecule has 0 N–H and O–H groups in total. The lowest BCUT2D eigenvalue weighted by Crippen LogP contribution is -2.28. The van der Waals surface area contributed by atoms with Crippen LogP contribution >= 0.6 is 0 Å². The van der Waals surface area contributed by atoms with E-state index in [1.165, 1.54) is 4.68 Å². The fraction of sp³-hybridized carbons (Fsp3) is 0.211. The van der Waals surface area contributed by atoms with Gasteiger partial charge in [0.1, 0.15) is 6.54 Å². The van der Waals surface area contributed by atoms with Gasteiger partial charge in [-0.15, -0.1) is 0 Å². The molecule has 0 amide bonds. The fourth-order valence-corrected chi connectivity index (χ4v) is 2.61. The molecule has 0 atom stereocenters. The second-order valence-corrected chi connectivity index (χ2v) is 5.51. The largest absolute Gasteiger partial charge is 0.298 e. The molecule has 3 aromatic rings. The Morgan fingerprint density at radius 3 is 2.35 bits per heavy atom. The zero-order chi connectivity index (χ0) is 16.2. The molecule has 0 radical (unpaired) electrons. The Kier molecular flexibility index (Phi) is 4.33. The highest BCUT2D eigenvalue weighted by atomic mass is 16.1. The van der Waals surface area contributed by atoms with Crippen LogP contribution in [0, 0.1) is 0 Å². The van der Waals surface area contributed by atoms with Crippen molar-refractivity contribution in [2.45, 2.75) is 26.3 Å². The Hall–Kier alpha value is -2.75. The normalized spacial score (nSPS) is 10.8. The average Bonchev–Trinajstić information content (AvgIpc) is 2.60. The number of carbonyl (C=O) groups excluding carboxylic acids is 1. The second kappa shape index (κ2) is 6.57. The Morgan fingerprint density at radius 1 is 1.00 bits per heavy atom. The highest BCUT2D eigenvalue weighted by Crippen LogP contribution is 2.16. The van der Waals surface area contributed by atoms with Gasteiger partial charge in [0, 0.05) is 18.2 Å². The zero-order valence-corrected chi connectivity index (χ0v) is 13.0. The van der Waals surface area contributed by atoms with E-state index in [1.807, 2.05) is 48.5 Å². The van der Waals surface area contributed by atoms with Crippen LogP contribution in [-0.2, 0) is 17.8 Å². The van der Waals surface area contributed by atoms with Gasteiger partial charge in [0.05, 0.1) is 11.1 Å². The van der Waals surface area contributed by atoms with Crippen LogP contribution in [-0.4, -0.2) is 15.6 Å². The van der Waals surface area contributed by atoms with E-state index in [9.17, 15) is 9.59 Å². The van der Waals surface area contributed by atoms with Crippen molar-refractivity contribution in [3.05, 3.63) is 76.2 Å². The molecular weight excluding hydrogens is 288 g/mol. The summed E-state index contributed by atoms with van der Waals surface area (Å²) < 4.78 is 1.30. The minimum atomic E-state index is -0.209. The monoisotopic (exact) mass is 306 g/mol. The molecule has 0 aliphatic heterocycles. The minimum Gasteiger partial charge on any atom is -0.298 e. The SMILES string of the molecule is CCC(=O)Cn1nc(Cc2ccccc2)c2ccccc2c1=O. The maximum atomic E-state index is 12.5. The summed E-state index contributed by atoms with van der Waals surface area (Å²) in [5.74, 6) is 0.000502. The number of hydrogen-bond donors (Lipinski definition) is 0. The maximum absolute atomic E-state index is 12.5. The Labute approximate surface area is 134 Å². The molecule has 0 saturated carbocycles. The molecule has 0 aliphatic rings. The Morgan fingerprint density at radius 2 is 1.65 bits per heavy atom. The first kappa shape index (κ1) is 15.2. The number of rotatable bonds is 5. The summed E-state index contributed by atoms with van der Waals surface area (Å²) >= 11 is 0. The van der Waals surface area contributed by atoms with E-state index < -0.39 is 0 Å². The molecule has 116 valence electrons. The Balaban J connectivity index is 2.13. The van der Waals surface area contributed by atoms with Crippen molar-refractivity contribution >= 4 is 16.6 Å². The molecule has 0 aliphatic carbocycles. The quantitative estimate of drug-likeness (QED) is 0.728. The van der Waals surface area contributed by atoms with Crippen molar-refractivity contribution in [2.24, 2.45) is 0 Å². The van der Waals surface area contributed by atoms with E-state index in [-0.39, 0.29) is 17.9 Å². The van der Waals surface area contributed by atoms with Gasteiger partial charge >= 0.3 is 0 Å². The lowest BCUT2D eigenvalue weighted by atomic mass is 10.0. The molecule has 4 heteroatoms. The third-order valence-electron chi connectivity index (χ3n) is 3.88. The second-order valence-electron chi connectivity index (χ2n) is 5.51. The van der Waals surface area contributed by atoms with Crippen molar-refractivity contribution in [2.75, 3.05) is 0 Å². The molecular formula is C19H18N2O2. The standard InChI is InChI=1S/C19H18N2O2/c1-2-15(22)13-21-19(23)17-11-7-6-10-16(17)18(20-21)12-14-8-4-3-5-9-14/h3-11H,2,12-13H2,1H3. The highest BCUT2D eigenvalue weighted by Gasteiger charge is 2.12. The number of aromatic nitrogens is 2. The van der Waals surface area contributed by atoms with Crippen LogP contribution in [0.5, 0.6) is 0 Å². The molecule has 0 bridgehead atoms. The molecule has 2 aromatic carbocycles. The molecule has 0 saturated heterocycles. The number of fused-ring (bicyclic) bond motifs is 1. The van der Waals surface area contributed by atoms with Gasteiger partial charge in [0.15, 0.2) is 5.78 Å². The van der Waals surface area contributed by atoms with Gasteiger partial charge in [0.2, 0.25) is 0 Å². The molecule has 0 unspecified atom stereocenters. The summed E-state index contributed by atoms with van der Waals surface area (Å²) in [5, 5.41) is 5.92. The zero-order valence-electron chi connectivity index (χ0n) is 13.0. The summed E-state index contributed by atoms with van der Waals surface area (Å²) in [7, 11) is 0. The highest BCUT2D eigenvalue weighted by molar-refractivity contribution is 5.84. The molecule has 1 aromatic heterocycles. The maximum Gasteiger partial charge on any atom is 0.275 e. The number of Topliss-reactive ketones (excluding diaryl/α,β-unsaturated/α-hetero) is 1. The summed E-state index contributed by atoms with van der Waals surface area (Å²) in [6.07, 6.45) is 1.02. The van der Waals surface area contributed by atoms with Crippen LogP contribution in [0.2, 0.25) is 0 Å².